The standard InChI is InChI=1S/C25H29N7O/c1-17(2)11-12-30-18(3)16-31(21-7-5-4-6-8-21)23-15-26-25(32(33)24(23)30)28-20-9-10-22-19(13-20)14-27-29-22/h4-10,13-15,17-18,33H,11-12,16H2,1-3H3,(H,27,29). The first-order valence-corrected chi connectivity index (χ1v) is 11.4. The van der Waals surface area contributed by atoms with Crippen LogP contribution in [-0.2, 0) is 0 Å². The maximum absolute atomic E-state index is 11.4. The minimum atomic E-state index is 0.201. The van der Waals surface area contributed by atoms with Crippen LogP contribution in [0, 0.1) is 5.92 Å². The quantitative estimate of drug-likeness (QED) is 0.440. The third kappa shape index (κ3) is 4.04. The molecule has 2 aromatic carbocycles. The van der Waals surface area contributed by atoms with Crippen molar-refractivity contribution in [1.82, 2.24) is 19.9 Å². The van der Waals surface area contributed by atoms with Gasteiger partial charge in [0, 0.05) is 30.2 Å². The van der Waals surface area contributed by atoms with Crippen LogP contribution in [-0.4, -0.2) is 44.3 Å². The molecular formula is C25H29N7O. The van der Waals surface area contributed by atoms with E-state index in [2.05, 4.69) is 62.9 Å². The molecule has 5 rings (SSSR count). The average Bonchev–Trinajstić information content (AvgIpc) is 3.28. The predicted octanol–water partition coefficient (Wildman–Crippen LogP) is 4.62. The summed E-state index contributed by atoms with van der Waals surface area (Å²) in [6, 6.07) is 16.2. The molecule has 0 saturated carbocycles. The van der Waals surface area contributed by atoms with Gasteiger partial charge in [-0.15, -0.1) is 4.73 Å². The van der Waals surface area contributed by atoms with E-state index in [1.54, 1.807) is 6.20 Å². The summed E-state index contributed by atoms with van der Waals surface area (Å²) < 4.78 is 1.14. The summed E-state index contributed by atoms with van der Waals surface area (Å²) in [4.78, 5) is 13.7. The predicted molar refractivity (Wildman–Crippen MR) is 130 cm³/mol. The maximum Gasteiger partial charge on any atom is 0.265 e. The summed E-state index contributed by atoms with van der Waals surface area (Å²) in [5, 5.41) is 19.3. The molecule has 4 aromatic rings. The number of benzene rings is 2. The number of rotatable bonds is 5. The van der Waals surface area contributed by atoms with Gasteiger partial charge in [-0.2, -0.15) is 5.10 Å². The number of para-hydroxylation sites is 1. The van der Waals surface area contributed by atoms with Gasteiger partial charge in [0.05, 0.1) is 23.6 Å². The van der Waals surface area contributed by atoms with Crippen LogP contribution in [0.3, 0.4) is 0 Å². The Morgan fingerprint density at radius 1 is 1.15 bits per heavy atom. The first-order valence-electron chi connectivity index (χ1n) is 11.4. The summed E-state index contributed by atoms with van der Waals surface area (Å²) in [6.07, 6.45) is 4.61. The van der Waals surface area contributed by atoms with Crippen LogP contribution in [0.4, 0.5) is 22.9 Å². The van der Waals surface area contributed by atoms with Crippen molar-refractivity contribution in [2.24, 2.45) is 10.9 Å². The van der Waals surface area contributed by atoms with E-state index in [9.17, 15) is 5.21 Å². The summed E-state index contributed by atoms with van der Waals surface area (Å²) in [7, 11) is 0. The molecule has 1 aliphatic heterocycles. The number of fused-ring (bicyclic) bond motifs is 2. The SMILES string of the molecule is CC(C)CCN1c2c(cnc(=Nc3ccc4[nH]ncc4c3)n2O)N(c2ccccc2)CC1C. The fourth-order valence-corrected chi connectivity index (χ4v) is 4.33. The van der Waals surface area contributed by atoms with Crippen LogP contribution in [0.15, 0.2) is 65.9 Å². The lowest BCUT2D eigenvalue weighted by atomic mass is 10.1. The van der Waals surface area contributed by atoms with Gasteiger partial charge in [0.2, 0.25) is 0 Å². The highest BCUT2D eigenvalue weighted by Gasteiger charge is 2.32. The van der Waals surface area contributed by atoms with E-state index in [1.165, 1.54) is 0 Å². The molecule has 0 spiro atoms. The topological polar surface area (TPSA) is 85.6 Å². The Hall–Kier alpha value is -3.81. The van der Waals surface area contributed by atoms with Gasteiger partial charge in [0.25, 0.3) is 5.62 Å². The molecule has 0 radical (unpaired) electrons. The minimum absolute atomic E-state index is 0.201. The number of H-pyrrole nitrogens is 1. The minimum Gasteiger partial charge on any atom is -0.423 e. The maximum atomic E-state index is 11.4. The fourth-order valence-electron chi connectivity index (χ4n) is 4.33. The molecule has 1 atom stereocenters. The van der Waals surface area contributed by atoms with E-state index < -0.39 is 0 Å². The molecule has 170 valence electrons. The number of aromatic amines is 1. The second-order valence-corrected chi connectivity index (χ2v) is 9.00. The first-order chi connectivity index (χ1) is 16.0. The fraction of sp³-hybridized carbons (Fsp3) is 0.320. The van der Waals surface area contributed by atoms with E-state index in [0.717, 1.165) is 52.3 Å². The van der Waals surface area contributed by atoms with E-state index >= 15 is 0 Å². The van der Waals surface area contributed by atoms with Crippen LogP contribution in [0.5, 0.6) is 0 Å². The lowest BCUT2D eigenvalue weighted by Crippen LogP contribution is -2.49. The first kappa shape index (κ1) is 21.1. The summed E-state index contributed by atoms with van der Waals surface area (Å²) in [5.74, 6) is 1.28. The molecule has 3 heterocycles. The summed E-state index contributed by atoms with van der Waals surface area (Å²) in [6.45, 7) is 8.30. The number of anilines is 3. The molecule has 8 heteroatoms. The van der Waals surface area contributed by atoms with E-state index in [-0.39, 0.29) is 11.7 Å². The summed E-state index contributed by atoms with van der Waals surface area (Å²) >= 11 is 0. The summed E-state index contributed by atoms with van der Waals surface area (Å²) in [5.41, 5.74) is 3.84. The van der Waals surface area contributed by atoms with Crippen molar-refractivity contribution in [2.45, 2.75) is 33.2 Å². The monoisotopic (exact) mass is 443 g/mol. The smallest absolute Gasteiger partial charge is 0.265 e. The molecular weight excluding hydrogens is 414 g/mol. The van der Waals surface area contributed by atoms with Crippen molar-refractivity contribution < 1.29 is 5.21 Å². The van der Waals surface area contributed by atoms with Crippen LogP contribution in [0.25, 0.3) is 10.9 Å². The van der Waals surface area contributed by atoms with Gasteiger partial charge in [-0.25, -0.2) is 9.98 Å². The Balaban J connectivity index is 1.64. The van der Waals surface area contributed by atoms with Gasteiger partial charge >= 0.3 is 0 Å². The molecule has 0 fully saturated rings. The van der Waals surface area contributed by atoms with Gasteiger partial charge in [-0.05, 0) is 49.6 Å². The number of nitrogens with one attached hydrogen (secondary N) is 1. The second-order valence-electron chi connectivity index (χ2n) is 9.00. The second kappa shape index (κ2) is 8.61. The Morgan fingerprint density at radius 3 is 2.76 bits per heavy atom. The molecule has 8 nitrogen and oxygen atoms in total. The highest BCUT2D eigenvalue weighted by molar-refractivity contribution is 5.81. The van der Waals surface area contributed by atoms with E-state index in [1.807, 2.05) is 42.6 Å². The molecule has 0 bridgehead atoms. The Morgan fingerprint density at radius 2 is 1.97 bits per heavy atom. The van der Waals surface area contributed by atoms with Gasteiger partial charge in [0.1, 0.15) is 5.69 Å². The Kier molecular flexibility index (Phi) is 5.50. The number of nitrogens with zero attached hydrogens (tertiary/aromatic N) is 6. The third-order valence-corrected chi connectivity index (χ3v) is 6.13. The Labute approximate surface area is 192 Å². The number of aromatic nitrogens is 4. The number of hydrogen-bond acceptors (Lipinski definition) is 6. The highest BCUT2D eigenvalue weighted by Crippen LogP contribution is 2.38. The van der Waals surface area contributed by atoms with E-state index in [0.29, 0.717) is 11.6 Å². The molecule has 0 saturated heterocycles. The molecule has 2 aromatic heterocycles. The van der Waals surface area contributed by atoms with Gasteiger partial charge in [0.15, 0.2) is 5.82 Å². The largest absolute Gasteiger partial charge is 0.423 e. The molecule has 33 heavy (non-hydrogen) atoms. The Bertz CT molecular complexity index is 1330. The zero-order chi connectivity index (χ0) is 22.9. The van der Waals surface area contributed by atoms with Gasteiger partial charge < -0.3 is 15.0 Å². The van der Waals surface area contributed by atoms with Crippen LogP contribution in [0.2, 0.25) is 0 Å². The zero-order valence-corrected chi connectivity index (χ0v) is 19.2. The molecule has 0 aliphatic carbocycles. The van der Waals surface area contributed by atoms with Crippen LogP contribution >= 0.6 is 0 Å². The normalized spacial score (nSPS) is 16.6. The third-order valence-electron chi connectivity index (χ3n) is 6.13. The average molecular weight is 444 g/mol. The van der Waals surface area contributed by atoms with E-state index in [4.69, 9.17) is 0 Å². The van der Waals surface area contributed by atoms with Gasteiger partial charge in [-0.3, -0.25) is 5.10 Å². The van der Waals surface area contributed by atoms with Crippen molar-refractivity contribution in [3.8, 4) is 0 Å². The molecule has 1 unspecified atom stereocenters. The zero-order valence-electron chi connectivity index (χ0n) is 19.2. The van der Waals surface area contributed by atoms with Crippen molar-refractivity contribution in [3.05, 3.63) is 66.5 Å². The van der Waals surface area contributed by atoms with Crippen molar-refractivity contribution in [3.63, 3.8) is 0 Å². The highest BCUT2D eigenvalue weighted by atomic mass is 16.5. The van der Waals surface area contributed by atoms with Crippen LogP contribution in [0.1, 0.15) is 27.2 Å². The molecule has 2 N–H and O–H groups in total. The lowest BCUT2D eigenvalue weighted by Gasteiger charge is -2.43. The number of hydrogen-bond donors (Lipinski definition) is 2. The molecule has 1 aliphatic rings. The van der Waals surface area contributed by atoms with Crippen molar-refractivity contribution in [2.75, 3.05) is 22.9 Å². The van der Waals surface area contributed by atoms with Crippen molar-refractivity contribution >= 4 is 33.8 Å². The molecule has 0 amide bonds. The van der Waals surface area contributed by atoms with Crippen LogP contribution < -0.4 is 15.4 Å². The van der Waals surface area contributed by atoms with Gasteiger partial charge in [-0.1, -0.05) is 32.0 Å². The van der Waals surface area contributed by atoms with Crippen molar-refractivity contribution in [1.29, 1.82) is 0 Å². The lowest BCUT2D eigenvalue weighted by molar-refractivity contribution is 0.168.